The molecule has 1 aliphatic rings. The van der Waals surface area contributed by atoms with Crippen LogP contribution in [0, 0.1) is 11.6 Å². The third kappa shape index (κ3) is 3.88. The van der Waals surface area contributed by atoms with Crippen LogP contribution in [0.1, 0.15) is 10.4 Å². The van der Waals surface area contributed by atoms with E-state index in [0.29, 0.717) is 19.2 Å². The molecule has 2 aromatic heterocycles. The Labute approximate surface area is 173 Å². The fourth-order valence-corrected chi connectivity index (χ4v) is 4.21. The van der Waals surface area contributed by atoms with Crippen LogP contribution >= 0.6 is 22.9 Å². The third-order valence-corrected chi connectivity index (χ3v) is 6.04. The van der Waals surface area contributed by atoms with E-state index in [1.165, 1.54) is 11.1 Å². The van der Waals surface area contributed by atoms with Gasteiger partial charge in [0, 0.05) is 24.0 Å². The predicted octanol–water partition coefficient (Wildman–Crippen LogP) is 3.22. The summed E-state index contributed by atoms with van der Waals surface area (Å²) < 4.78 is 27.8. The molecule has 0 atom stereocenters. The van der Waals surface area contributed by atoms with Gasteiger partial charge in [0.1, 0.15) is 16.5 Å². The van der Waals surface area contributed by atoms with Crippen molar-refractivity contribution in [2.45, 2.75) is 13.0 Å². The Hall–Kier alpha value is -2.78. The molecule has 29 heavy (non-hydrogen) atoms. The lowest BCUT2D eigenvalue weighted by Gasteiger charge is -2.27. The fourth-order valence-electron chi connectivity index (χ4n) is 3.12. The second kappa shape index (κ2) is 7.92. The molecule has 6 nitrogen and oxygen atoms in total. The van der Waals surface area contributed by atoms with Gasteiger partial charge in [-0.15, -0.1) is 11.3 Å². The lowest BCUT2D eigenvalue weighted by Crippen LogP contribution is -2.39. The summed E-state index contributed by atoms with van der Waals surface area (Å²) in [4.78, 5) is 28.0. The van der Waals surface area contributed by atoms with E-state index in [0.717, 1.165) is 28.8 Å². The zero-order chi connectivity index (χ0) is 20.5. The number of hydrogen-bond acceptors (Lipinski definition) is 5. The van der Waals surface area contributed by atoms with Gasteiger partial charge in [-0.25, -0.2) is 8.78 Å². The van der Waals surface area contributed by atoms with Crippen molar-refractivity contribution in [1.29, 1.82) is 0 Å². The van der Waals surface area contributed by atoms with Crippen molar-refractivity contribution >= 4 is 34.5 Å². The van der Waals surface area contributed by atoms with Gasteiger partial charge in [0.2, 0.25) is 5.91 Å². The van der Waals surface area contributed by atoms with Gasteiger partial charge in [-0.05, 0) is 35.6 Å². The molecule has 3 heterocycles. The molecule has 0 saturated heterocycles. The number of nitrogens with zero attached hydrogens (tertiary/aromatic N) is 3. The fraction of sp³-hybridized carbons (Fsp3) is 0.211. The summed E-state index contributed by atoms with van der Waals surface area (Å²) in [5.41, 5.74) is 0.312. The molecule has 10 heteroatoms. The van der Waals surface area contributed by atoms with Crippen LogP contribution in [0.2, 0.25) is 5.02 Å². The molecule has 4 rings (SSSR count). The third-order valence-electron chi connectivity index (χ3n) is 4.65. The van der Waals surface area contributed by atoms with Gasteiger partial charge in [-0.2, -0.15) is 9.78 Å². The Morgan fingerprint density at radius 3 is 2.93 bits per heavy atom. The van der Waals surface area contributed by atoms with E-state index in [4.69, 9.17) is 11.6 Å². The van der Waals surface area contributed by atoms with Gasteiger partial charge in [0.15, 0.2) is 5.82 Å². The largest absolute Gasteiger partial charge is 0.373 e. The van der Waals surface area contributed by atoms with Crippen molar-refractivity contribution in [2.24, 2.45) is 0 Å². The van der Waals surface area contributed by atoms with Crippen LogP contribution in [0.4, 0.5) is 14.5 Å². The van der Waals surface area contributed by atoms with E-state index in [1.54, 1.807) is 16.2 Å². The highest BCUT2D eigenvalue weighted by atomic mass is 35.5. The van der Waals surface area contributed by atoms with Crippen molar-refractivity contribution in [3.05, 3.63) is 73.3 Å². The quantitative estimate of drug-likeness (QED) is 0.682. The molecular weight excluding hydrogens is 422 g/mol. The van der Waals surface area contributed by atoms with E-state index >= 15 is 0 Å². The van der Waals surface area contributed by atoms with Gasteiger partial charge in [-0.3, -0.25) is 9.59 Å². The van der Waals surface area contributed by atoms with Crippen LogP contribution in [0.15, 0.2) is 40.6 Å². The maximum atomic E-state index is 13.9. The molecule has 0 fully saturated rings. The number of carbonyl (C=O) groups excluding carboxylic acids is 1. The number of nitrogens with one attached hydrogen (secondary N) is 1. The van der Waals surface area contributed by atoms with Crippen LogP contribution in [-0.4, -0.2) is 33.7 Å². The van der Waals surface area contributed by atoms with Crippen LogP contribution in [-0.2, 0) is 17.8 Å². The molecule has 0 radical (unpaired) electrons. The van der Waals surface area contributed by atoms with Gasteiger partial charge >= 0.3 is 0 Å². The van der Waals surface area contributed by atoms with E-state index in [1.807, 2.05) is 11.4 Å². The average molecular weight is 437 g/mol. The summed E-state index contributed by atoms with van der Waals surface area (Å²) in [6.07, 6.45) is 2.05. The summed E-state index contributed by atoms with van der Waals surface area (Å²) in [6.45, 7) is 1.12. The van der Waals surface area contributed by atoms with Crippen molar-refractivity contribution in [3.63, 3.8) is 0 Å². The molecule has 1 amide bonds. The summed E-state index contributed by atoms with van der Waals surface area (Å²) in [5, 5.41) is 8.48. The number of fused-ring (bicyclic) bond motifs is 1. The Morgan fingerprint density at radius 2 is 2.14 bits per heavy atom. The number of anilines is 1. The molecule has 0 unspecified atom stereocenters. The van der Waals surface area contributed by atoms with E-state index < -0.39 is 17.2 Å². The number of carbonyl (C=O) groups is 1. The standard InChI is InChI=1S/C19H15ClF2N4O2S/c20-18-14(8-24-26(19(18)28)15-2-1-12(21)7-13(15)22)23-9-17(27)25-5-3-16-11(10-25)4-6-29-16/h1-2,4,6-8,23H,3,5,9-10H2. The molecule has 1 aliphatic heterocycles. The SMILES string of the molecule is O=C(CNc1cnn(-c2ccc(F)cc2F)c(=O)c1Cl)N1CCc2sccc2C1. The molecule has 0 spiro atoms. The minimum absolute atomic E-state index is 0.0603. The average Bonchev–Trinajstić information content (AvgIpc) is 3.17. The maximum absolute atomic E-state index is 13.9. The maximum Gasteiger partial charge on any atom is 0.292 e. The lowest BCUT2D eigenvalue weighted by atomic mass is 10.1. The van der Waals surface area contributed by atoms with Crippen LogP contribution < -0.4 is 10.9 Å². The summed E-state index contributed by atoms with van der Waals surface area (Å²) in [7, 11) is 0. The van der Waals surface area contributed by atoms with Gasteiger partial charge in [0.25, 0.3) is 5.56 Å². The lowest BCUT2D eigenvalue weighted by molar-refractivity contribution is -0.130. The first-order chi connectivity index (χ1) is 13.9. The highest BCUT2D eigenvalue weighted by Crippen LogP contribution is 2.24. The van der Waals surface area contributed by atoms with Crippen molar-refractivity contribution in [2.75, 3.05) is 18.4 Å². The van der Waals surface area contributed by atoms with Crippen molar-refractivity contribution in [3.8, 4) is 5.69 Å². The summed E-state index contributed by atoms with van der Waals surface area (Å²) in [6, 6.07) is 4.78. The number of halogens is 3. The number of amides is 1. The smallest absolute Gasteiger partial charge is 0.292 e. The second-order valence-electron chi connectivity index (χ2n) is 6.47. The number of hydrogen-bond donors (Lipinski definition) is 1. The van der Waals surface area contributed by atoms with Gasteiger partial charge in [-0.1, -0.05) is 11.6 Å². The molecule has 1 aromatic carbocycles. The molecule has 0 saturated carbocycles. The Morgan fingerprint density at radius 1 is 1.31 bits per heavy atom. The molecule has 0 bridgehead atoms. The van der Waals surface area contributed by atoms with Crippen LogP contribution in [0.5, 0.6) is 0 Å². The van der Waals surface area contributed by atoms with E-state index in [-0.39, 0.29) is 28.8 Å². The second-order valence-corrected chi connectivity index (χ2v) is 7.85. The first-order valence-electron chi connectivity index (χ1n) is 8.74. The van der Waals surface area contributed by atoms with Gasteiger partial charge < -0.3 is 10.2 Å². The van der Waals surface area contributed by atoms with Crippen LogP contribution in [0.3, 0.4) is 0 Å². The Balaban J connectivity index is 1.48. The summed E-state index contributed by atoms with van der Waals surface area (Å²) in [5.74, 6) is -1.84. The number of benzene rings is 1. The first kappa shape index (κ1) is 19.5. The number of rotatable bonds is 4. The Kier molecular flexibility index (Phi) is 5.33. The zero-order valence-electron chi connectivity index (χ0n) is 15.0. The van der Waals surface area contributed by atoms with Crippen molar-refractivity contribution in [1.82, 2.24) is 14.7 Å². The normalized spacial score (nSPS) is 13.3. The minimum Gasteiger partial charge on any atom is -0.373 e. The number of aromatic nitrogens is 2. The predicted molar refractivity (Wildman–Crippen MR) is 107 cm³/mol. The summed E-state index contributed by atoms with van der Waals surface area (Å²) >= 11 is 7.79. The number of thiophene rings is 1. The Bertz CT molecular complexity index is 1150. The zero-order valence-corrected chi connectivity index (χ0v) is 16.6. The van der Waals surface area contributed by atoms with Crippen LogP contribution in [0.25, 0.3) is 5.69 Å². The van der Waals surface area contributed by atoms with Crippen molar-refractivity contribution < 1.29 is 13.6 Å². The minimum atomic E-state index is -0.940. The highest BCUT2D eigenvalue weighted by Gasteiger charge is 2.22. The molecule has 3 aromatic rings. The molecular formula is C19H15ClF2N4O2S. The molecule has 0 aliphatic carbocycles. The molecule has 150 valence electrons. The van der Waals surface area contributed by atoms with Gasteiger partial charge in [0.05, 0.1) is 18.4 Å². The molecule has 1 N–H and O–H groups in total. The van der Waals surface area contributed by atoms with E-state index in [9.17, 15) is 18.4 Å². The topological polar surface area (TPSA) is 67.2 Å². The monoisotopic (exact) mass is 436 g/mol. The highest BCUT2D eigenvalue weighted by molar-refractivity contribution is 7.10. The van der Waals surface area contributed by atoms with E-state index in [2.05, 4.69) is 10.4 Å². The first-order valence-corrected chi connectivity index (χ1v) is 10.00.